The van der Waals surface area contributed by atoms with Gasteiger partial charge in [-0.25, -0.2) is 4.98 Å². The maximum Gasteiger partial charge on any atom is 0.136 e. The quantitative estimate of drug-likeness (QED) is 0.675. The van der Waals surface area contributed by atoms with Gasteiger partial charge in [0.1, 0.15) is 17.2 Å². The molecule has 0 aliphatic rings. The van der Waals surface area contributed by atoms with Crippen LogP contribution in [-0.4, -0.2) is 12.0 Å². The lowest BCUT2D eigenvalue weighted by Crippen LogP contribution is -1.90. The van der Waals surface area contributed by atoms with Crippen LogP contribution in [0, 0.1) is 0 Å². The van der Waals surface area contributed by atoms with Gasteiger partial charge in [0.15, 0.2) is 0 Å². The number of nitrogens with zero attached hydrogens (tertiary/aromatic N) is 1. The van der Waals surface area contributed by atoms with Gasteiger partial charge in [-0.15, -0.1) is 0 Å². The van der Waals surface area contributed by atoms with E-state index in [9.17, 15) is 0 Å². The average Bonchev–Trinajstić information content (AvgIpc) is 2.99. The largest absolute Gasteiger partial charge is 0.456 e. The summed E-state index contributed by atoms with van der Waals surface area (Å²) in [6.45, 7) is 8.39. The Hall–Kier alpha value is -2.29. The average molecular weight is 296 g/mol. The van der Waals surface area contributed by atoms with Crippen LogP contribution in [0.4, 0.5) is 5.82 Å². The standard InChI is InChI=1S/C17H18N2O.C2H6/c1-11(2)12-4-6-15-14(8-12)9-16(20-15)13-5-7-17(18-3)19-10-13;1-2/h4-11H,1-3H3,(H,18,19);1-2H3. The van der Waals surface area contributed by atoms with Crippen LogP contribution in [0.3, 0.4) is 0 Å². The van der Waals surface area contributed by atoms with Gasteiger partial charge in [-0.1, -0.05) is 33.8 Å². The van der Waals surface area contributed by atoms with Crippen LogP contribution in [0.15, 0.2) is 47.0 Å². The lowest BCUT2D eigenvalue weighted by atomic mass is 10.0. The highest BCUT2D eigenvalue weighted by Gasteiger charge is 2.08. The van der Waals surface area contributed by atoms with E-state index in [1.807, 2.05) is 45.3 Å². The summed E-state index contributed by atoms with van der Waals surface area (Å²) in [5, 5.41) is 4.15. The zero-order chi connectivity index (χ0) is 16.1. The molecule has 0 bridgehead atoms. The first-order valence-electron chi connectivity index (χ1n) is 7.85. The molecule has 22 heavy (non-hydrogen) atoms. The van der Waals surface area contributed by atoms with Crippen molar-refractivity contribution in [3.8, 4) is 11.3 Å². The molecule has 0 amide bonds. The second-order valence-electron chi connectivity index (χ2n) is 5.24. The molecule has 0 aliphatic heterocycles. The van der Waals surface area contributed by atoms with E-state index in [1.165, 1.54) is 5.56 Å². The van der Waals surface area contributed by atoms with E-state index in [0.717, 1.165) is 28.1 Å². The highest BCUT2D eigenvalue weighted by Crippen LogP contribution is 2.29. The molecular formula is C19H24N2O. The fraction of sp³-hybridized carbons (Fsp3) is 0.316. The van der Waals surface area contributed by atoms with Crippen LogP contribution in [0.2, 0.25) is 0 Å². The van der Waals surface area contributed by atoms with Crippen molar-refractivity contribution in [3.05, 3.63) is 48.2 Å². The topological polar surface area (TPSA) is 38.1 Å². The molecule has 3 nitrogen and oxygen atoms in total. The van der Waals surface area contributed by atoms with E-state index in [2.05, 4.69) is 42.3 Å². The van der Waals surface area contributed by atoms with Gasteiger partial charge < -0.3 is 9.73 Å². The van der Waals surface area contributed by atoms with E-state index in [0.29, 0.717) is 5.92 Å². The van der Waals surface area contributed by atoms with Gasteiger partial charge in [-0.3, -0.25) is 0 Å². The normalized spacial score (nSPS) is 10.5. The number of rotatable bonds is 3. The monoisotopic (exact) mass is 296 g/mol. The molecule has 3 heteroatoms. The summed E-state index contributed by atoms with van der Waals surface area (Å²) < 4.78 is 5.90. The summed E-state index contributed by atoms with van der Waals surface area (Å²) in [7, 11) is 1.86. The Morgan fingerprint density at radius 2 is 1.82 bits per heavy atom. The van der Waals surface area contributed by atoms with Crippen LogP contribution < -0.4 is 5.32 Å². The smallest absolute Gasteiger partial charge is 0.136 e. The minimum absolute atomic E-state index is 0.523. The van der Waals surface area contributed by atoms with Gasteiger partial charge in [0.2, 0.25) is 0 Å². The second kappa shape index (κ2) is 7.12. The Labute approximate surface area is 132 Å². The third-order valence-corrected chi connectivity index (χ3v) is 3.51. The predicted octanol–water partition coefficient (Wildman–Crippen LogP) is 5.69. The molecule has 0 saturated heterocycles. The molecule has 0 aliphatic carbocycles. The molecule has 1 aromatic carbocycles. The van der Waals surface area contributed by atoms with Crippen molar-refractivity contribution in [1.82, 2.24) is 4.98 Å². The number of furan rings is 1. The Balaban J connectivity index is 0.000000847. The number of anilines is 1. The van der Waals surface area contributed by atoms with Crippen molar-refractivity contribution < 1.29 is 4.42 Å². The fourth-order valence-electron chi connectivity index (χ4n) is 2.25. The van der Waals surface area contributed by atoms with Gasteiger partial charge in [0, 0.05) is 24.2 Å². The summed E-state index contributed by atoms with van der Waals surface area (Å²) in [6.07, 6.45) is 1.83. The van der Waals surface area contributed by atoms with Crippen molar-refractivity contribution in [1.29, 1.82) is 0 Å². The minimum atomic E-state index is 0.523. The molecule has 2 heterocycles. The van der Waals surface area contributed by atoms with Gasteiger partial charge in [0.25, 0.3) is 0 Å². The molecule has 1 N–H and O–H groups in total. The molecule has 2 aromatic heterocycles. The predicted molar refractivity (Wildman–Crippen MR) is 94.4 cm³/mol. The zero-order valence-electron chi connectivity index (χ0n) is 14.0. The number of hydrogen-bond donors (Lipinski definition) is 1. The highest BCUT2D eigenvalue weighted by molar-refractivity contribution is 5.83. The minimum Gasteiger partial charge on any atom is -0.456 e. The van der Waals surface area contributed by atoms with E-state index >= 15 is 0 Å². The lowest BCUT2D eigenvalue weighted by Gasteiger charge is -2.03. The van der Waals surface area contributed by atoms with Crippen LogP contribution >= 0.6 is 0 Å². The first-order valence-corrected chi connectivity index (χ1v) is 7.85. The SMILES string of the molecule is CC.CNc1ccc(-c2cc3cc(C(C)C)ccc3o2)cn1. The maximum absolute atomic E-state index is 5.90. The first kappa shape index (κ1) is 16.1. The first-order chi connectivity index (χ1) is 10.7. The number of aromatic nitrogens is 1. The zero-order valence-corrected chi connectivity index (χ0v) is 14.0. The van der Waals surface area contributed by atoms with Crippen LogP contribution in [0.25, 0.3) is 22.3 Å². The molecule has 0 fully saturated rings. The van der Waals surface area contributed by atoms with E-state index in [1.54, 1.807) is 0 Å². The molecule has 0 saturated carbocycles. The molecule has 0 atom stereocenters. The number of fused-ring (bicyclic) bond motifs is 1. The number of benzene rings is 1. The van der Waals surface area contributed by atoms with E-state index in [-0.39, 0.29) is 0 Å². The Morgan fingerprint density at radius 3 is 2.41 bits per heavy atom. The molecule has 3 aromatic rings. The van der Waals surface area contributed by atoms with Gasteiger partial charge in [-0.05, 0) is 41.8 Å². The summed E-state index contributed by atoms with van der Waals surface area (Å²) in [5.41, 5.74) is 3.24. The Bertz CT molecular complexity index is 727. The summed E-state index contributed by atoms with van der Waals surface area (Å²) in [5.74, 6) is 2.23. The Kier molecular flexibility index (Phi) is 5.21. The number of pyridine rings is 1. The molecule has 0 unspecified atom stereocenters. The van der Waals surface area contributed by atoms with Gasteiger partial charge >= 0.3 is 0 Å². The summed E-state index contributed by atoms with van der Waals surface area (Å²) in [4.78, 5) is 4.32. The molecule has 0 spiro atoms. The van der Waals surface area contributed by atoms with Gasteiger partial charge in [0.05, 0.1) is 0 Å². The van der Waals surface area contributed by atoms with Crippen molar-refractivity contribution in [2.45, 2.75) is 33.6 Å². The van der Waals surface area contributed by atoms with Crippen LogP contribution in [0.5, 0.6) is 0 Å². The molecule has 116 valence electrons. The maximum atomic E-state index is 5.90. The van der Waals surface area contributed by atoms with Crippen molar-refractivity contribution >= 4 is 16.8 Å². The van der Waals surface area contributed by atoms with Crippen LogP contribution in [0.1, 0.15) is 39.2 Å². The van der Waals surface area contributed by atoms with Crippen molar-refractivity contribution in [2.75, 3.05) is 12.4 Å². The van der Waals surface area contributed by atoms with Gasteiger partial charge in [-0.2, -0.15) is 0 Å². The fourth-order valence-corrected chi connectivity index (χ4v) is 2.25. The van der Waals surface area contributed by atoms with Crippen molar-refractivity contribution in [3.63, 3.8) is 0 Å². The summed E-state index contributed by atoms with van der Waals surface area (Å²) >= 11 is 0. The molecule has 3 rings (SSSR count). The molecular weight excluding hydrogens is 272 g/mol. The number of hydrogen-bond acceptors (Lipinski definition) is 3. The molecule has 0 radical (unpaired) electrons. The van der Waals surface area contributed by atoms with Crippen molar-refractivity contribution in [2.24, 2.45) is 0 Å². The summed E-state index contributed by atoms with van der Waals surface area (Å²) in [6, 6.07) is 12.4. The third kappa shape index (κ3) is 3.30. The van der Waals surface area contributed by atoms with E-state index in [4.69, 9.17) is 4.42 Å². The van der Waals surface area contributed by atoms with Crippen LogP contribution in [-0.2, 0) is 0 Å². The highest BCUT2D eigenvalue weighted by atomic mass is 16.3. The lowest BCUT2D eigenvalue weighted by molar-refractivity contribution is 0.631. The second-order valence-corrected chi connectivity index (χ2v) is 5.24. The third-order valence-electron chi connectivity index (χ3n) is 3.51. The van der Waals surface area contributed by atoms with E-state index < -0.39 is 0 Å². The number of nitrogens with one attached hydrogen (secondary N) is 1. The Morgan fingerprint density at radius 1 is 1.05 bits per heavy atom.